The average Bonchev–Trinajstić information content (AvgIpc) is 3.18. The van der Waals surface area contributed by atoms with E-state index in [1.54, 1.807) is 23.1 Å². The highest BCUT2D eigenvalue weighted by Crippen LogP contribution is 2.33. The minimum absolute atomic E-state index is 0.108. The van der Waals surface area contributed by atoms with Gasteiger partial charge in [-0.15, -0.1) is 11.8 Å². The number of benzene rings is 3. The predicted octanol–water partition coefficient (Wildman–Crippen LogP) is 6.94. The van der Waals surface area contributed by atoms with Crippen molar-refractivity contribution in [1.82, 2.24) is 4.98 Å². The SMILES string of the molecule is Cc1ccc(SCCC(=O)N(Cc2ccccc2)c2nc3cc(C)cc(C)c3s2)cc1. The third kappa shape index (κ3) is 5.35. The molecule has 0 unspecified atom stereocenters. The van der Waals surface area contributed by atoms with Crippen LogP contribution in [0.5, 0.6) is 0 Å². The number of amides is 1. The molecule has 0 aliphatic rings. The molecular formula is C26H26N2OS2. The van der Waals surface area contributed by atoms with Gasteiger partial charge in [-0.05, 0) is 55.7 Å². The molecule has 1 heterocycles. The van der Waals surface area contributed by atoms with E-state index in [-0.39, 0.29) is 5.91 Å². The zero-order valence-electron chi connectivity index (χ0n) is 18.1. The van der Waals surface area contributed by atoms with Crippen LogP contribution in [0.1, 0.15) is 28.7 Å². The molecule has 31 heavy (non-hydrogen) atoms. The molecule has 158 valence electrons. The Morgan fingerprint density at radius 2 is 1.71 bits per heavy atom. The average molecular weight is 447 g/mol. The maximum Gasteiger partial charge on any atom is 0.229 e. The summed E-state index contributed by atoms with van der Waals surface area (Å²) in [5.41, 5.74) is 5.72. The summed E-state index contributed by atoms with van der Waals surface area (Å²) >= 11 is 3.33. The monoisotopic (exact) mass is 446 g/mol. The van der Waals surface area contributed by atoms with E-state index in [9.17, 15) is 4.79 Å². The Bertz CT molecular complexity index is 1180. The number of aromatic nitrogens is 1. The van der Waals surface area contributed by atoms with Crippen LogP contribution >= 0.6 is 23.1 Å². The van der Waals surface area contributed by atoms with E-state index in [1.165, 1.54) is 21.6 Å². The number of aryl methyl sites for hydroxylation is 3. The van der Waals surface area contributed by atoms with Gasteiger partial charge >= 0.3 is 0 Å². The van der Waals surface area contributed by atoms with Crippen LogP contribution in [0.25, 0.3) is 10.2 Å². The van der Waals surface area contributed by atoms with Crippen molar-refractivity contribution in [2.75, 3.05) is 10.7 Å². The second-order valence-electron chi connectivity index (χ2n) is 7.80. The van der Waals surface area contributed by atoms with Crippen LogP contribution in [-0.4, -0.2) is 16.6 Å². The first-order chi connectivity index (χ1) is 15.0. The summed E-state index contributed by atoms with van der Waals surface area (Å²) < 4.78 is 1.15. The lowest BCUT2D eigenvalue weighted by Crippen LogP contribution is -2.30. The number of carbonyl (C=O) groups is 1. The van der Waals surface area contributed by atoms with Gasteiger partial charge in [-0.2, -0.15) is 0 Å². The number of hydrogen-bond donors (Lipinski definition) is 0. The fourth-order valence-corrected chi connectivity index (χ4v) is 5.41. The number of anilines is 1. The van der Waals surface area contributed by atoms with E-state index >= 15 is 0 Å². The number of rotatable bonds is 7. The number of fused-ring (bicyclic) bond motifs is 1. The third-order valence-corrected chi connectivity index (χ3v) is 7.37. The van der Waals surface area contributed by atoms with E-state index in [4.69, 9.17) is 4.98 Å². The zero-order chi connectivity index (χ0) is 21.8. The summed E-state index contributed by atoms with van der Waals surface area (Å²) in [7, 11) is 0. The molecule has 3 aromatic carbocycles. The molecule has 0 N–H and O–H groups in total. The minimum atomic E-state index is 0.108. The molecule has 0 atom stereocenters. The first-order valence-corrected chi connectivity index (χ1v) is 12.2. The van der Waals surface area contributed by atoms with Crippen LogP contribution in [0.15, 0.2) is 71.6 Å². The smallest absolute Gasteiger partial charge is 0.229 e. The van der Waals surface area contributed by atoms with Gasteiger partial charge in [-0.25, -0.2) is 4.98 Å². The largest absolute Gasteiger partial charge is 0.284 e. The Morgan fingerprint density at radius 1 is 0.968 bits per heavy atom. The molecule has 0 aliphatic heterocycles. The quantitative estimate of drug-likeness (QED) is 0.288. The van der Waals surface area contributed by atoms with Gasteiger partial charge in [-0.3, -0.25) is 9.69 Å². The molecule has 3 nitrogen and oxygen atoms in total. The van der Waals surface area contributed by atoms with Gasteiger partial charge in [0.25, 0.3) is 0 Å². The summed E-state index contributed by atoms with van der Waals surface area (Å²) in [6.45, 7) is 6.81. The molecule has 4 rings (SSSR count). The van der Waals surface area contributed by atoms with Crippen molar-refractivity contribution >= 4 is 44.4 Å². The lowest BCUT2D eigenvalue weighted by atomic mass is 10.1. The van der Waals surface area contributed by atoms with Crippen molar-refractivity contribution < 1.29 is 4.79 Å². The molecule has 4 aromatic rings. The molecule has 5 heteroatoms. The van der Waals surface area contributed by atoms with Crippen molar-refractivity contribution in [3.8, 4) is 0 Å². The Hall–Kier alpha value is -2.63. The van der Waals surface area contributed by atoms with Crippen LogP contribution in [0, 0.1) is 20.8 Å². The standard InChI is InChI=1S/C26H26N2OS2/c1-18-9-11-22(12-10-18)30-14-13-24(29)28(17-21-7-5-4-6-8-21)26-27-23-16-19(2)15-20(3)25(23)31-26/h4-12,15-16H,13-14,17H2,1-3H3. The van der Waals surface area contributed by atoms with Gasteiger partial charge in [-0.1, -0.05) is 65.4 Å². The van der Waals surface area contributed by atoms with Crippen molar-refractivity contribution in [2.24, 2.45) is 0 Å². The molecule has 1 aromatic heterocycles. The van der Waals surface area contributed by atoms with Crippen LogP contribution in [0.2, 0.25) is 0 Å². The van der Waals surface area contributed by atoms with E-state index in [0.29, 0.717) is 13.0 Å². The van der Waals surface area contributed by atoms with Crippen molar-refractivity contribution in [2.45, 2.75) is 38.6 Å². The summed E-state index contributed by atoms with van der Waals surface area (Å²) in [6.07, 6.45) is 0.472. The molecular weight excluding hydrogens is 420 g/mol. The fraction of sp³-hybridized carbons (Fsp3) is 0.231. The molecule has 0 saturated carbocycles. The normalized spacial score (nSPS) is 11.1. The Morgan fingerprint density at radius 3 is 2.45 bits per heavy atom. The Labute approximate surface area is 192 Å². The molecule has 0 bridgehead atoms. The first kappa shape index (κ1) is 21.6. The first-order valence-electron chi connectivity index (χ1n) is 10.4. The van der Waals surface area contributed by atoms with E-state index in [1.807, 2.05) is 23.1 Å². The van der Waals surface area contributed by atoms with E-state index in [2.05, 4.69) is 69.3 Å². The van der Waals surface area contributed by atoms with E-state index in [0.717, 1.165) is 26.7 Å². The summed E-state index contributed by atoms with van der Waals surface area (Å²) in [4.78, 5) is 21.2. The maximum atomic E-state index is 13.3. The van der Waals surface area contributed by atoms with Crippen molar-refractivity contribution in [3.05, 3.63) is 89.0 Å². The second kappa shape index (κ2) is 9.67. The topological polar surface area (TPSA) is 33.2 Å². The number of thioether (sulfide) groups is 1. The van der Waals surface area contributed by atoms with Crippen molar-refractivity contribution in [3.63, 3.8) is 0 Å². The maximum absolute atomic E-state index is 13.3. The van der Waals surface area contributed by atoms with Gasteiger partial charge in [0.05, 0.1) is 16.8 Å². The molecule has 0 radical (unpaired) electrons. The molecule has 1 amide bonds. The van der Waals surface area contributed by atoms with Gasteiger partial charge in [0.2, 0.25) is 5.91 Å². The highest BCUT2D eigenvalue weighted by atomic mass is 32.2. The predicted molar refractivity (Wildman–Crippen MR) is 133 cm³/mol. The minimum Gasteiger partial charge on any atom is -0.284 e. The highest BCUT2D eigenvalue weighted by molar-refractivity contribution is 7.99. The second-order valence-corrected chi connectivity index (χ2v) is 9.95. The lowest BCUT2D eigenvalue weighted by Gasteiger charge is -2.20. The summed E-state index contributed by atoms with van der Waals surface area (Å²) in [6, 6.07) is 22.9. The number of nitrogens with zero attached hydrogens (tertiary/aromatic N) is 2. The van der Waals surface area contributed by atoms with Crippen LogP contribution in [-0.2, 0) is 11.3 Å². The lowest BCUT2D eigenvalue weighted by molar-refractivity contribution is -0.118. The van der Waals surface area contributed by atoms with Gasteiger partial charge < -0.3 is 0 Å². The third-order valence-electron chi connectivity index (χ3n) is 5.13. The molecule has 0 saturated heterocycles. The number of carbonyl (C=O) groups excluding carboxylic acids is 1. The number of thiazole rings is 1. The van der Waals surface area contributed by atoms with Gasteiger partial charge in [0.1, 0.15) is 0 Å². The van der Waals surface area contributed by atoms with Crippen LogP contribution in [0.4, 0.5) is 5.13 Å². The Kier molecular flexibility index (Phi) is 6.73. The molecule has 0 aliphatic carbocycles. The summed E-state index contributed by atoms with van der Waals surface area (Å²) in [5.74, 6) is 0.854. The molecule has 0 fully saturated rings. The van der Waals surface area contributed by atoms with Gasteiger partial charge in [0.15, 0.2) is 5.13 Å². The Balaban J connectivity index is 1.55. The van der Waals surface area contributed by atoms with Crippen LogP contribution in [0.3, 0.4) is 0 Å². The number of hydrogen-bond acceptors (Lipinski definition) is 4. The summed E-state index contributed by atoms with van der Waals surface area (Å²) in [5, 5.41) is 0.776. The molecule has 0 spiro atoms. The van der Waals surface area contributed by atoms with Gasteiger partial charge in [0, 0.05) is 17.1 Å². The van der Waals surface area contributed by atoms with E-state index < -0.39 is 0 Å². The fourth-order valence-electron chi connectivity index (χ4n) is 3.53. The zero-order valence-corrected chi connectivity index (χ0v) is 19.7. The van der Waals surface area contributed by atoms with Crippen molar-refractivity contribution in [1.29, 1.82) is 0 Å². The highest BCUT2D eigenvalue weighted by Gasteiger charge is 2.20. The van der Waals surface area contributed by atoms with Crippen LogP contribution < -0.4 is 4.90 Å².